The summed E-state index contributed by atoms with van der Waals surface area (Å²) in [5.41, 5.74) is 6.29. The van der Waals surface area contributed by atoms with Crippen LogP contribution in [0.2, 0.25) is 0 Å². The van der Waals surface area contributed by atoms with Crippen LogP contribution in [0.4, 0.5) is 17.1 Å². The monoisotopic (exact) mass is 446 g/mol. The van der Waals surface area contributed by atoms with Gasteiger partial charge in [0.25, 0.3) is 0 Å². The van der Waals surface area contributed by atoms with E-state index >= 15 is 0 Å². The molecule has 29 heavy (non-hydrogen) atoms. The van der Waals surface area contributed by atoms with Crippen molar-refractivity contribution in [2.24, 2.45) is 9.98 Å². The molecular weight excluding hydrogens is 424 g/mol. The number of anilines is 2. The van der Waals surface area contributed by atoms with Crippen LogP contribution in [0.15, 0.2) is 81.2 Å². The zero-order valence-corrected chi connectivity index (χ0v) is 18.4. The highest BCUT2D eigenvalue weighted by molar-refractivity contribution is 9.10. The predicted molar refractivity (Wildman–Crippen MR) is 127 cm³/mol. The minimum Gasteiger partial charge on any atom is -0.378 e. The number of hydrogen-bond acceptors (Lipinski definition) is 4. The Morgan fingerprint density at radius 2 is 1.55 bits per heavy atom. The van der Waals surface area contributed by atoms with Crippen molar-refractivity contribution in [1.29, 1.82) is 0 Å². The molecule has 4 nitrogen and oxygen atoms in total. The second kappa shape index (κ2) is 8.21. The molecule has 0 aliphatic carbocycles. The second-order valence-corrected chi connectivity index (χ2v) is 8.09. The molecular formula is C24H23BrN4. The Bertz CT molecular complexity index is 1080. The number of nitrogens with one attached hydrogen (secondary N) is 1. The third-order valence-electron chi connectivity index (χ3n) is 4.93. The van der Waals surface area contributed by atoms with Gasteiger partial charge in [-0.05, 0) is 60.5 Å². The van der Waals surface area contributed by atoms with Crippen LogP contribution in [0.25, 0.3) is 0 Å². The van der Waals surface area contributed by atoms with Crippen LogP contribution in [0.3, 0.4) is 0 Å². The summed E-state index contributed by atoms with van der Waals surface area (Å²) in [5.74, 6) is 1.49. The number of halogens is 1. The van der Waals surface area contributed by atoms with Crippen LogP contribution < -0.4 is 10.2 Å². The number of nitrogens with zero attached hydrogens (tertiary/aromatic N) is 3. The van der Waals surface area contributed by atoms with Crippen molar-refractivity contribution in [3.63, 3.8) is 0 Å². The maximum Gasteiger partial charge on any atom is 0.162 e. The van der Waals surface area contributed by atoms with Crippen molar-refractivity contribution in [2.45, 2.75) is 13.3 Å². The Hall–Kier alpha value is -2.92. The van der Waals surface area contributed by atoms with Gasteiger partial charge in [0.15, 0.2) is 5.84 Å². The van der Waals surface area contributed by atoms with Gasteiger partial charge in [-0.2, -0.15) is 0 Å². The fourth-order valence-corrected chi connectivity index (χ4v) is 3.45. The number of fused-ring (bicyclic) bond motifs is 1. The van der Waals surface area contributed by atoms with E-state index in [0.717, 1.165) is 44.9 Å². The van der Waals surface area contributed by atoms with Gasteiger partial charge in [-0.15, -0.1) is 0 Å². The van der Waals surface area contributed by atoms with E-state index < -0.39 is 0 Å². The van der Waals surface area contributed by atoms with Crippen molar-refractivity contribution in [2.75, 3.05) is 24.3 Å². The second-order valence-electron chi connectivity index (χ2n) is 7.17. The predicted octanol–water partition coefficient (Wildman–Crippen LogP) is 6.03. The lowest BCUT2D eigenvalue weighted by atomic mass is 10.1. The molecule has 4 rings (SSSR count). The summed E-state index contributed by atoms with van der Waals surface area (Å²) in [6.07, 6.45) is 0.974. The molecule has 0 bridgehead atoms. The molecule has 0 unspecified atom stereocenters. The molecule has 146 valence electrons. The number of rotatable bonds is 4. The Morgan fingerprint density at radius 3 is 2.21 bits per heavy atom. The lowest BCUT2D eigenvalue weighted by Crippen LogP contribution is -2.16. The van der Waals surface area contributed by atoms with Gasteiger partial charge >= 0.3 is 0 Å². The van der Waals surface area contributed by atoms with Gasteiger partial charge in [0.05, 0.1) is 11.4 Å². The van der Waals surface area contributed by atoms with Crippen molar-refractivity contribution in [1.82, 2.24) is 0 Å². The molecule has 5 heteroatoms. The Kier molecular flexibility index (Phi) is 5.49. The van der Waals surface area contributed by atoms with E-state index in [1.165, 1.54) is 5.56 Å². The molecule has 0 fully saturated rings. The van der Waals surface area contributed by atoms with Gasteiger partial charge in [0.1, 0.15) is 5.84 Å². The van der Waals surface area contributed by atoms with E-state index in [0.29, 0.717) is 5.84 Å². The van der Waals surface area contributed by atoms with Crippen LogP contribution in [0.1, 0.15) is 23.6 Å². The van der Waals surface area contributed by atoms with Crippen molar-refractivity contribution in [3.8, 4) is 0 Å². The third kappa shape index (κ3) is 4.25. The van der Waals surface area contributed by atoms with Gasteiger partial charge < -0.3 is 10.2 Å². The first kappa shape index (κ1) is 19.4. The average molecular weight is 447 g/mol. The minimum atomic E-state index is 0.694. The molecule has 0 atom stereocenters. The zero-order valence-electron chi connectivity index (χ0n) is 16.8. The number of benzene rings is 3. The molecule has 0 saturated heterocycles. The summed E-state index contributed by atoms with van der Waals surface area (Å²) >= 11 is 3.50. The Balaban J connectivity index is 1.83. The van der Waals surface area contributed by atoms with Gasteiger partial charge in [0, 0.05) is 35.4 Å². The van der Waals surface area contributed by atoms with E-state index in [-0.39, 0.29) is 0 Å². The topological polar surface area (TPSA) is 40.0 Å². The molecule has 0 amide bonds. The molecule has 0 saturated carbocycles. The fraction of sp³-hybridized carbons (Fsp3) is 0.167. The summed E-state index contributed by atoms with van der Waals surface area (Å²) in [4.78, 5) is 11.9. The van der Waals surface area contributed by atoms with Crippen molar-refractivity contribution in [3.05, 3.63) is 87.9 Å². The van der Waals surface area contributed by atoms with E-state index in [1.54, 1.807) is 0 Å². The lowest BCUT2D eigenvalue weighted by Gasteiger charge is -2.14. The first-order valence-electron chi connectivity index (χ1n) is 9.64. The van der Waals surface area contributed by atoms with E-state index in [4.69, 9.17) is 9.98 Å². The maximum absolute atomic E-state index is 4.92. The molecule has 1 N–H and O–H groups in total. The first-order valence-corrected chi connectivity index (χ1v) is 10.4. The van der Waals surface area contributed by atoms with E-state index in [2.05, 4.69) is 75.5 Å². The zero-order chi connectivity index (χ0) is 20.4. The van der Waals surface area contributed by atoms with Crippen molar-refractivity contribution < 1.29 is 0 Å². The summed E-state index contributed by atoms with van der Waals surface area (Å²) < 4.78 is 1.03. The molecule has 1 aliphatic rings. The molecule has 3 aromatic carbocycles. The highest BCUT2D eigenvalue weighted by atomic mass is 79.9. The SMILES string of the molecule is CCc1ccc2c(c1)NC(c1ccc(N(C)C)cc1)=NC(c1ccc(Br)cc1)=N2. The number of hydrogen-bond donors (Lipinski definition) is 1. The lowest BCUT2D eigenvalue weighted by molar-refractivity contribution is 1.13. The van der Waals surface area contributed by atoms with Gasteiger partial charge in [-0.25, -0.2) is 9.98 Å². The molecule has 1 heterocycles. The summed E-state index contributed by atoms with van der Waals surface area (Å²) in [6.45, 7) is 2.16. The highest BCUT2D eigenvalue weighted by Gasteiger charge is 2.16. The van der Waals surface area contributed by atoms with Crippen LogP contribution in [-0.2, 0) is 6.42 Å². The molecule has 1 aliphatic heterocycles. The molecule has 0 spiro atoms. The van der Waals surface area contributed by atoms with Crippen LogP contribution >= 0.6 is 15.9 Å². The normalized spacial score (nSPS) is 13.0. The smallest absolute Gasteiger partial charge is 0.162 e. The minimum absolute atomic E-state index is 0.694. The largest absolute Gasteiger partial charge is 0.378 e. The molecule has 0 radical (unpaired) electrons. The van der Waals surface area contributed by atoms with Gasteiger partial charge in [0.2, 0.25) is 0 Å². The van der Waals surface area contributed by atoms with Crippen molar-refractivity contribution >= 4 is 44.7 Å². The molecule has 0 aromatic heterocycles. The Labute approximate surface area is 180 Å². The summed E-state index contributed by atoms with van der Waals surface area (Å²) in [5, 5.41) is 3.52. The standard InChI is InChI=1S/C24H23BrN4/c1-4-16-5-14-21-22(15-16)27-24(18-8-12-20(13-9-18)29(2)3)28-23(26-21)17-6-10-19(25)11-7-17/h5-15H,4H2,1-3H3,(H,26,27,28). The van der Waals surface area contributed by atoms with Crippen LogP contribution in [0, 0.1) is 0 Å². The number of aliphatic imine (C=N–C) groups is 2. The average Bonchev–Trinajstić information content (AvgIpc) is 2.93. The fourth-order valence-electron chi connectivity index (χ4n) is 3.18. The van der Waals surface area contributed by atoms with Crippen LogP contribution in [0.5, 0.6) is 0 Å². The summed E-state index contributed by atoms with van der Waals surface area (Å²) in [6, 6.07) is 22.8. The first-order chi connectivity index (χ1) is 14.0. The number of amidine groups is 2. The van der Waals surface area contributed by atoms with E-state index in [1.807, 2.05) is 38.4 Å². The number of aryl methyl sites for hydroxylation is 1. The van der Waals surface area contributed by atoms with E-state index in [9.17, 15) is 0 Å². The molecule has 3 aromatic rings. The highest BCUT2D eigenvalue weighted by Crippen LogP contribution is 2.31. The summed E-state index contributed by atoms with van der Waals surface area (Å²) in [7, 11) is 4.08. The third-order valence-corrected chi connectivity index (χ3v) is 5.45. The quantitative estimate of drug-likeness (QED) is 0.531. The maximum atomic E-state index is 4.92. The van der Waals surface area contributed by atoms with Crippen LogP contribution in [-0.4, -0.2) is 25.8 Å². The van der Waals surface area contributed by atoms with Gasteiger partial charge in [-0.3, -0.25) is 0 Å². The van der Waals surface area contributed by atoms with Gasteiger partial charge in [-0.1, -0.05) is 41.1 Å². The Morgan fingerprint density at radius 1 is 0.862 bits per heavy atom.